The van der Waals surface area contributed by atoms with Crippen molar-refractivity contribution in [1.29, 1.82) is 0 Å². The molecule has 0 unspecified atom stereocenters. The molecule has 3 rings (SSSR count). The van der Waals surface area contributed by atoms with E-state index in [4.69, 9.17) is 0 Å². The fourth-order valence-electron chi connectivity index (χ4n) is 3.29. The van der Waals surface area contributed by atoms with Gasteiger partial charge in [-0.2, -0.15) is 13.2 Å². The number of halogens is 4. The Bertz CT molecular complexity index is 805. The Labute approximate surface area is 143 Å². The molecule has 0 radical (unpaired) electrons. The number of piperidine rings is 1. The van der Waals surface area contributed by atoms with E-state index in [0.717, 1.165) is 0 Å². The lowest BCUT2D eigenvalue weighted by Crippen LogP contribution is -2.46. The van der Waals surface area contributed by atoms with Crippen molar-refractivity contribution in [2.45, 2.75) is 36.1 Å². The smallest absolute Gasteiger partial charge is 0.378 e. The standard InChI is InChI=1S/C16H18F4N2O2S/c1-22-6-5-13(12(17)8-22)21-14-4-2-3-11-10(7-16(18,19)20)9-25(23,24)15(11)14/h2-4,9,12-13,21H,5-8H2,1H3/t12-,13+/m0/s1. The van der Waals surface area contributed by atoms with Gasteiger partial charge >= 0.3 is 6.18 Å². The molecule has 0 saturated carbocycles. The lowest BCUT2D eigenvalue weighted by molar-refractivity contribution is -0.122. The van der Waals surface area contributed by atoms with Crippen LogP contribution in [0.1, 0.15) is 18.4 Å². The van der Waals surface area contributed by atoms with Crippen molar-refractivity contribution in [3.63, 3.8) is 0 Å². The number of rotatable bonds is 3. The number of hydrogen-bond donors (Lipinski definition) is 1. The second-order valence-corrected chi connectivity index (χ2v) is 8.21. The van der Waals surface area contributed by atoms with Crippen molar-refractivity contribution in [1.82, 2.24) is 4.90 Å². The molecule has 0 aromatic heterocycles. The Balaban J connectivity index is 1.93. The topological polar surface area (TPSA) is 49.4 Å². The van der Waals surface area contributed by atoms with Crippen LogP contribution >= 0.6 is 0 Å². The summed E-state index contributed by atoms with van der Waals surface area (Å²) in [6.45, 7) is 0.869. The normalized spacial score (nSPS) is 26.2. The monoisotopic (exact) mass is 378 g/mol. The summed E-state index contributed by atoms with van der Waals surface area (Å²) in [6, 6.07) is 3.72. The van der Waals surface area contributed by atoms with Crippen molar-refractivity contribution in [2.24, 2.45) is 0 Å². The van der Waals surface area contributed by atoms with Crippen LogP contribution in [0, 0.1) is 0 Å². The molecule has 0 aliphatic carbocycles. The molecule has 0 spiro atoms. The molecule has 1 fully saturated rings. The van der Waals surface area contributed by atoms with Gasteiger partial charge in [-0.25, -0.2) is 12.8 Å². The first-order valence-corrected chi connectivity index (χ1v) is 9.36. The lowest BCUT2D eigenvalue weighted by Gasteiger charge is -2.33. The Morgan fingerprint density at radius 2 is 2.04 bits per heavy atom. The van der Waals surface area contributed by atoms with E-state index in [1.165, 1.54) is 18.2 Å². The zero-order valence-corrected chi connectivity index (χ0v) is 14.3. The van der Waals surface area contributed by atoms with E-state index in [0.29, 0.717) is 18.4 Å². The number of nitrogens with zero attached hydrogens (tertiary/aromatic N) is 1. The van der Waals surface area contributed by atoms with E-state index in [2.05, 4.69) is 5.32 Å². The second kappa shape index (κ2) is 6.28. The Hall–Kier alpha value is -1.61. The molecule has 1 aromatic carbocycles. The van der Waals surface area contributed by atoms with Crippen molar-refractivity contribution in [2.75, 3.05) is 25.5 Å². The van der Waals surface area contributed by atoms with Crippen LogP contribution in [0.15, 0.2) is 28.5 Å². The van der Waals surface area contributed by atoms with Gasteiger partial charge in [0.05, 0.1) is 18.2 Å². The predicted molar refractivity (Wildman–Crippen MR) is 86.7 cm³/mol. The maximum atomic E-state index is 14.2. The Morgan fingerprint density at radius 1 is 1.32 bits per heavy atom. The Kier molecular flexibility index (Phi) is 4.57. The molecule has 1 aromatic rings. The number of nitrogens with one attached hydrogen (secondary N) is 1. The zero-order chi connectivity index (χ0) is 18.4. The van der Waals surface area contributed by atoms with E-state index in [1.54, 1.807) is 7.05 Å². The van der Waals surface area contributed by atoms with Crippen molar-refractivity contribution in [3.05, 3.63) is 29.2 Å². The summed E-state index contributed by atoms with van der Waals surface area (Å²) < 4.78 is 77.1. The van der Waals surface area contributed by atoms with E-state index in [1.807, 2.05) is 4.90 Å². The summed E-state index contributed by atoms with van der Waals surface area (Å²) in [7, 11) is -2.20. The molecule has 4 nitrogen and oxygen atoms in total. The minimum Gasteiger partial charge on any atom is -0.378 e. The van der Waals surface area contributed by atoms with Gasteiger partial charge in [0, 0.05) is 18.5 Å². The summed E-state index contributed by atoms with van der Waals surface area (Å²) in [5.41, 5.74) is -0.0971. The van der Waals surface area contributed by atoms with Gasteiger partial charge in [0.25, 0.3) is 0 Å². The summed E-state index contributed by atoms with van der Waals surface area (Å²) >= 11 is 0. The maximum absolute atomic E-state index is 14.2. The highest BCUT2D eigenvalue weighted by Crippen LogP contribution is 2.43. The average molecular weight is 378 g/mol. The third kappa shape index (κ3) is 3.82. The van der Waals surface area contributed by atoms with Crippen LogP contribution in [-0.4, -0.2) is 51.8 Å². The highest BCUT2D eigenvalue weighted by molar-refractivity contribution is 7.95. The van der Waals surface area contributed by atoms with Crippen LogP contribution < -0.4 is 5.32 Å². The van der Waals surface area contributed by atoms with Crippen molar-refractivity contribution in [3.8, 4) is 0 Å². The average Bonchev–Trinajstić information content (AvgIpc) is 2.72. The molecule has 2 aliphatic rings. The summed E-state index contributed by atoms with van der Waals surface area (Å²) in [4.78, 5) is 1.64. The fraction of sp³-hybridized carbons (Fsp3) is 0.500. The van der Waals surface area contributed by atoms with Gasteiger partial charge < -0.3 is 10.2 Å². The van der Waals surface area contributed by atoms with Crippen LogP contribution in [-0.2, 0) is 9.84 Å². The number of allylic oxidation sites excluding steroid dienone is 1. The molecule has 9 heteroatoms. The van der Waals surface area contributed by atoms with Crippen molar-refractivity contribution >= 4 is 21.1 Å². The molecular weight excluding hydrogens is 360 g/mol. The van der Waals surface area contributed by atoms with Gasteiger partial charge in [-0.1, -0.05) is 12.1 Å². The van der Waals surface area contributed by atoms with Crippen molar-refractivity contribution < 1.29 is 26.0 Å². The predicted octanol–water partition coefficient (Wildman–Crippen LogP) is 3.22. The fourth-order valence-corrected chi connectivity index (χ4v) is 4.93. The molecular formula is C16H18F4N2O2S. The SMILES string of the molecule is CN1CC[C@@H](Nc2cccc3c2S(=O)(=O)C=C3CC(F)(F)F)[C@@H](F)C1. The summed E-state index contributed by atoms with van der Waals surface area (Å²) in [6.07, 6.45) is -6.54. The summed E-state index contributed by atoms with van der Waals surface area (Å²) in [5, 5.41) is 3.56. The van der Waals surface area contributed by atoms with Crippen LogP contribution in [0.25, 0.3) is 5.57 Å². The minimum atomic E-state index is -4.51. The second-order valence-electron chi connectivity index (χ2n) is 6.48. The molecule has 138 valence electrons. The molecule has 2 atom stereocenters. The highest BCUT2D eigenvalue weighted by Gasteiger charge is 2.37. The first-order chi connectivity index (χ1) is 11.6. The summed E-state index contributed by atoms with van der Waals surface area (Å²) in [5.74, 6) is 0. The largest absolute Gasteiger partial charge is 0.393 e. The third-order valence-electron chi connectivity index (χ3n) is 4.42. The van der Waals surface area contributed by atoms with Crippen LogP contribution in [0.2, 0.25) is 0 Å². The zero-order valence-electron chi connectivity index (χ0n) is 13.5. The Morgan fingerprint density at radius 3 is 2.68 bits per heavy atom. The molecule has 0 amide bonds. The van der Waals surface area contributed by atoms with Gasteiger partial charge in [0.1, 0.15) is 11.1 Å². The number of fused-ring (bicyclic) bond motifs is 1. The molecule has 1 saturated heterocycles. The molecule has 1 N–H and O–H groups in total. The van der Waals surface area contributed by atoms with Gasteiger partial charge in [-0.15, -0.1) is 0 Å². The van der Waals surface area contributed by atoms with E-state index in [-0.39, 0.29) is 28.3 Å². The lowest BCUT2D eigenvalue weighted by atomic mass is 10.0. The van der Waals surface area contributed by atoms with Gasteiger partial charge in [0.15, 0.2) is 0 Å². The highest BCUT2D eigenvalue weighted by atomic mass is 32.2. The number of likely N-dealkylation sites (tertiary alicyclic amines) is 1. The number of alkyl halides is 4. The first kappa shape index (κ1) is 18.2. The third-order valence-corrected chi connectivity index (χ3v) is 6.02. The molecule has 2 aliphatic heterocycles. The van der Waals surface area contributed by atoms with E-state index in [9.17, 15) is 26.0 Å². The molecule has 25 heavy (non-hydrogen) atoms. The quantitative estimate of drug-likeness (QED) is 0.821. The molecule has 2 heterocycles. The minimum absolute atomic E-state index is 0.0330. The van der Waals surface area contributed by atoms with Crippen LogP contribution in [0.3, 0.4) is 0 Å². The molecule has 0 bridgehead atoms. The van der Waals surface area contributed by atoms with Gasteiger partial charge in [-0.3, -0.25) is 0 Å². The first-order valence-electron chi connectivity index (χ1n) is 7.82. The van der Waals surface area contributed by atoms with E-state index < -0.39 is 34.6 Å². The van der Waals surface area contributed by atoms with Crippen LogP contribution in [0.5, 0.6) is 0 Å². The van der Waals surface area contributed by atoms with Gasteiger partial charge in [-0.05, 0) is 30.7 Å². The maximum Gasteiger partial charge on any atom is 0.393 e. The number of hydrogen-bond acceptors (Lipinski definition) is 4. The number of benzene rings is 1. The van der Waals surface area contributed by atoms with Gasteiger partial charge in [0.2, 0.25) is 9.84 Å². The number of anilines is 1. The van der Waals surface area contributed by atoms with Crippen LogP contribution in [0.4, 0.5) is 23.2 Å². The number of sulfone groups is 1. The van der Waals surface area contributed by atoms with E-state index >= 15 is 0 Å².